The lowest BCUT2D eigenvalue weighted by Crippen LogP contribution is -2.47. The fraction of sp³-hybridized carbons (Fsp3) is 0.526. The molecule has 0 N–H and O–H groups in total. The monoisotopic (exact) mass is 296 g/mol. The molecule has 3 heteroatoms. The summed E-state index contributed by atoms with van der Waals surface area (Å²) in [4.78, 5) is 17.2. The first-order chi connectivity index (χ1) is 10.8. The summed E-state index contributed by atoms with van der Waals surface area (Å²) in [7, 11) is 0. The van der Waals surface area contributed by atoms with Gasteiger partial charge in [0, 0.05) is 32.1 Å². The van der Waals surface area contributed by atoms with E-state index in [1.165, 1.54) is 5.56 Å². The minimum atomic E-state index is 0.158. The number of fused-ring (bicyclic) bond motifs is 4. The van der Waals surface area contributed by atoms with Gasteiger partial charge in [-0.25, -0.2) is 0 Å². The Balaban J connectivity index is 1.72. The van der Waals surface area contributed by atoms with E-state index in [0.717, 1.165) is 45.4 Å². The number of carbonyl (C=O) groups is 1. The summed E-state index contributed by atoms with van der Waals surface area (Å²) in [5.74, 6) is 6.86. The summed E-state index contributed by atoms with van der Waals surface area (Å²) in [6, 6.07) is 10.7. The predicted octanol–water partition coefficient (Wildman–Crippen LogP) is 2.52. The van der Waals surface area contributed by atoms with Crippen molar-refractivity contribution in [3.05, 3.63) is 35.9 Å². The SMILES string of the molecule is CCC#CCN1C[C@H]2CC[C@@H](C1)N(Cc1ccccc1)C2=O. The van der Waals surface area contributed by atoms with Crippen molar-refractivity contribution in [3.8, 4) is 11.8 Å². The number of hydrogen-bond acceptors (Lipinski definition) is 2. The van der Waals surface area contributed by atoms with Crippen LogP contribution in [0.25, 0.3) is 0 Å². The van der Waals surface area contributed by atoms with E-state index < -0.39 is 0 Å². The van der Waals surface area contributed by atoms with Crippen molar-refractivity contribution in [1.82, 2.24) is 9.80 Å². The van der Waals surface area contributed by atoms with Crippen molar-refractivity contribution >= 4 is 5.91 Å². The second-order valence-corrected chi connectivity index (χ2v) is 6.28. The molecule has 116 valence electrons. The molecule has 3 heterocycles. The third kappa shape index (κ3) is 3.34. The van der Waals surface area contributed by atoms with E-state index in [2.05, 4.69) is 40.7 Å². The fourth-order valence-electron chi connectivity index (χ4n) is 3.54. The molecule has 3 nitrogen and oxygen atoms in total. The third-order valence-corrected chi connectivity index (χ3v) is 4.67. The molecule has 1 amide bonds. The molecule has 3 fully saturated rings. The minimum Gasteiger partial charge on any atom is -0.334 e. The normalized spacial score (nSPS) is 24.8. The van der Waals surface area contributed by atoms with Crippen LogP contribution in [0.2, 0.25) is 0 Å². The highest BCUT2D eigenvalue weighted by Gasteiger charge is 2.40. The maximum absolute atomic E-state index is 12.8. The van der Waals surface area contributed by atoms with Gasteiger partial charge < -0.3 is 4.90 Å². The van der Waals surface area contributed by atoms with Crippen LogP contribution in [0.4, 0.5) is 0 Å². The molecule has 4 rings (SSSR count). The number of carbonyl (C=O) groups excluding carboxylic acids is 1. The van der Waals surface area contributed by atoms with Gasteiger partial charge >= 0.3 is 0 Å². The van der Waals surface area contributed by atoms with Crippen LogP contribution in [-0.2, 0) is 11.3 Å². The fourth-order valence-corrected chi connectivity index (χ4v) is 3.54. The topological polar surface area (TPSA) is 23.6 Å². The maximum atomic E-state index is 12.8. The summed E-state index contributed by atoms with van der Waals surface area (Å²) < 4.78 is 0. The van der Waals surface area contributed by atoms with Crippen LogP contribution in [0, 0.1) is 17.8 Å². The number of piperidine rings is 1. The first-order valence-electron chi connectivity index (χ1n) is 8.30. The van der Waals surface area contributed by atoms with E-state index in [1.807, 2.05) is 18.2 Å². The molecular formula is C19H24N2O. The molecule has 0 saturated carbocycles. The largest absolute Gasteiger partial charge is 0.334 e. The molecule has 0 aliphatic carbocycles. The molecule has 1 aromatic carbocycles. The molecule has 3 aliphatic rings. The summed E-state index contributed by atoms with van der Waals surface area (Å²) in [6.07, 6.45) is 3.06. The Labute approximate surface area is 133 Å². The van der Waals surface area contributed by atoms with Crippen LogP contribution >= 0.6 is 0 Å². The summed E-state index contributed by atoms with van der Waals surface area (Å²) in [5.41, 5.74) is 1.22. The molecule has 3 aliphatic heterocycles. The van der Waals surface area contributed by atoms with Crippen LogP contribution in [0.15, 0.2) is 30.3 Å². The van der Waals surface area contributed by atoms with Gasteiger partial charge in [0.05, 0.1) is 12.5 Å². The van der Waals surface area contributed by atoms with Gasteiger partial charge in [0.15, 0.2) is 0 Å². The summed E-state index contributed by atoms with van der Waals surface area (Å²) in [5, 5.41) is 0. The second kappa shape index (κ2) is 6.98. The summed E-state index contributed by atoms with van der Waals surface area (Å²) >= 11 is 0. The van der Waals surface area contributed by atoms with Crippen molar-refractivity contribution in [1.29, 1.82) is 0 Å². The number of hydrogen-bond donors (Lipinski definition) is 0. The molecule has 0 spiro atoms. The Hall–Kier alpha value is -1.79. The average molecular weight is 296 g/mol. The maximum Gasteiger partial charge on any atom is 0.227 e. The highest BCUT2D eigenvalue weighted by atomic mass is 16.2. The zero-order valence-electron chi connectivity index (χ0n) is 13.3. The second-order valence-electron chi connectivity index (χ2n) is 6.28. The smallest absolute Gasteiger partial charge is 0.227 e. The predicted molar refractivity (Wildman–Crippen MR) is 88.0 cm³/mol. The standard InChI is InChI=1S/C19H24N2O/c1-2-3-7-12-20-14-17-10-11-18(15-20)21(19(17)22)13-16-8-5-4-6-9-16/h4-6,8-9,17-18H,2,10-15H2,1H3/t17-,18+/m1/s1. The van der Waals surface area contributed by atoms with E-state index in [0.29, 0.717) is 11.9 Å². The highest BCUT2D eigenvalue weighted by Crippen LogP contribution is 2.30. The Morgan fingerprint density at radius 1 is 1.14 bits per heavy atom. The van der Waals surface area contributed by atoms with Crippen molar-refractivity contribution in [2.75, 3.05) is 19.6 Å². The molecule has 0 radical (unpaired) electrons. The van der Waals surface area contributed by atoms with Gasteiger partial charge in [0.25, 0.3) is 0 Å². The van der Waals surface area contributed by atoms with Gasteiger partial charge in [0.2, 0.25) is 5.91 Å². The van der Waals surface area contributed by atoms with Crippen LogP contribution in [0.1, 0.15) is 31.7 Å². The lowest BCUT2D eigenvalue weighted by atomic mass is 9.93. The molecular weight excluding hydrogens is 272 g/mol. The lowest BCUT2D eigenvalue weighted by molar-refractivity contribution is -0.140. The van der Waals surface area contributed by atoms with Crippen LogP contribution < -0.4 is 0 Å². The Kier molecular flexibility index (Phi) is 4.80. The number of benzene rings is 1. The van der Waals surface area contributed by atoms with Crippen LogP contribution in [0.5, 0.6) is 0 Å². The Bertz CT molecular complexity index is 572. The molecule has 3 saturated heterocycles. The van der Waals surface area contributed by atoms with E-state index in [1.54, 1.807) is 0 Å². The zero-order valence-corrected chi connectivity index (χ0v) is 13.3. The van der Waals surface area contributed by atoms with Crippen molar-refractivity contribution in [2.24, 2.45) is 5.92 Å². The molecule has 1 aromatic rings. The summed E-state index contributed by atoms with van der Waals surface area (Å²) in [6.45, 7) is 5.46. The van der Waals surface area contributed by atoms with Crippen molar-refractivity contribution in [3.63, 3.8) is 0 Å². The first kappa shape index (κ1) is 15.1. The number of rotatable bonds is 3. The molecule has 2 atom stereocenters. The third-order valence-electron chi connectivity index (χ3n) is 4.67. The molecule has 2 bridgehead atoms. The van der Waals surface area contributed by atoms with Gasteiger partial charge in [0.1, 0.15) is 0 Å². The molecule has 0 aromatic heterocycles. The Morgan fingerprint density at radius 2 is 1.95 bits per heavy atom. The number of nitrogens with zero attached hydrogens (tertiary/aromatic N) is 2. The number of amides is 1. The van der Waals surface area contributed by atoms with Gasteiger partial charge in [-0.15, -0.1) is 5.92 Å². The zero-order chi connectivity index (χ0) is 15.4. The van der Waals surface area contributed by atoms with E-state index in [4.69, 9.17) is 0 Å². The van der Waals surface area contributed by atoms with Crippen molar-refractivity contribution in [2.45, 2.75) is 38.8 Å². The first-order valence-corrected chi connectivity index (χ1v) is 8.30. The van der Waals surface area contributed by atoms with E-state index in [9.17, 15) is 4.79 Å². The van der Waals surface area contributed by atoms with Crippen LogP contribution in [0.3, 0.4) is 0 Å². The molecule has 0 unspecified atom stereocenters. The minimum absolute atomic E-state index is 0.158. The van der Waals surface area contributed by atoms with E-state index in [-0.39, 0.29) is 5.92 Å². The van der Waals surface area contributed by atoms with Gasteiger partial charge in [-0.3, -0.25) is 9.69 Å². The lowest BCUT2D eigenvalue weighted by Gasteiger charge is -2.36. The van der Waals surface area contributed by atoms with E-state index >= 15 is 0 Å². The highest BCUT2D eigenvalue weighted by molar-refractivity contribution is 5.80. The molecule has 22 heavy (non-hydrogen) atoms. The van der Waals surface area contributed by atoms with Gasteiger partial charge in [-0.1, -0.05) is 43.2 Å². The van der Waals surface area contributed by atoms with Crippen molar-refractivity contribution < 1.29 is 4.79 Å². The average Bonchev–Trinajstić information content (AvgIpc) is 2.81. The van der Waals surface area contributed by atoms with Gasteiger partial charge in [-0.05, 0) is 18.4 Å². The van der Waals surface area contributed by atoms with Gasteiger partial charge in [-0.2, -0.15) is 0 Å². The van der Waals surface area contributed by atoms with Crippen LogP contribution in [-0.4, -0.2) is 41.4 Å². The Morgan fingerprint density at radius 3 is 2.73 bits per heavy atom. The quantitative estimate of drug-likeness (QED) is 0.800.